The zero-order valence-corrected chi connectivity index (χ0v) is 9.50. The van der Waals surface area contributed by atoms with Gasteiger partial charge in [0.25, 0.3) is 0 Å². The number of hydrogen-bond acceptors (Lipinski definition) is 2. The summed E-state index contributed by atoms with van der Waals surface area (Å²) in [5, 5.41) is 2.93. The fourth-order valence-electron chi connectivity index (χ4n) is 1.52. The molecule has 2 amide bonds. The molecule has 1 rings (SSSR count). The maximum Gasteiger partial charge on any atom is 0.317 e. The van der Waals surface area contributed by atoms with Gasteiger partial charge in [-0.2, -0.15) is 0 Å². The largest absolute Gasteiger partial charge is 0.333 e. The van der Waals surface area contributed by atoms with Crippen LogP contribution in [0.1, 0.15) is 33.6 Å². The molecule has 1 fully saturated rings. The van der Waals surface area contributed by atoms with Crippen LogP contribution in [0.5, 0.6) is 0 Å². The topological polar surface area (TPSA) is 58.4 Å². The maximum absolute atomic E-state index is 11.7. The highest BCUT2D eigenvalue weighted by Gasteiger charge is 2.32. The Labute approximate surface area is 85.8 Å². The normalized spacial score (nSPS) is 26.6. The van der Waals surface area contributed by atoms with Gasteiger partial charge in [-0.1, -0.05) is 0 Å². The molecule has 1 saturated carbocycles. The fraction of sp³-hybridized carbons (Fsp3) is 0.900. The van der Waals surface area contributed by atoms with Crippen molar-refractivity contribution < 1.29 is 4.79 Å². The number of nitrogens with one attached hydrogen (secondary N) is 1. The van der Waals surface area contributed by atoms with E-state index in [9.17, 15) is 4.79 Å². The zero-order chi connectivity index (χ0) is 10.9. The summed E-state index contributed by atoms with van der Waals surface area (Å²) in [6.45, 7) is 5.93. The maximum atomic E-state index is 11.7. The van der Waals surface area contributed by atoms with Gasteiger partial charge < -0.3 is 16.0 Å². The van der Waals surface area contributed by atoms with Crippen molar-refractivity contribution >= 4 is 6.03 Å². The van der Waals surface area contributed by atoms with Gasteiger partial charge >= 0.3 is 6.03 Å². The van der Waals surface area contributed by atoms with E-state index in [1.165, 1.54) is 0 Å². The molecule has 0 heterocycles. The first-order valence-electron chi connectivity index (χ1n) is 5.10. The van der Waals surface area contributed by atoms with E-state index in [-0.39, 0.29) is 17.6 Å². The first-order chi connectivity index (χ1) is 6.29. The van der Waals surface area contributed by atoms with Gasteiger partial charge in [-0.3, -0.25) is 0 Å². The molecule has 4 heteroatoms. The Hall–Kier alpha value is -0.770. The molecule has 0 aromatic carbocycles. The molecule has 14 heavy (non-hydrogen) atoms. The molecular weight excluding hydrogens is 178 g/mol. The molecule has 0 spiro atoms. The van der Waals surface area contributed by atoms with Gasteiger partial charge in [0.2, 0.25) is 0 Å². The number of amides is 2. The van der Waals surface area contributed by atoms with Crippen LogP contribution in [0.4, 0.5) is 4.79 Å². The van der Waals surface area contributed by atoms with Crippen LogP contribution in [0.25, 0.3) is 0 Å². The van der Waals surface area contributed by atoms with Gasteiger partial charge in [0, 0.05) is 24.7 Å². The summed E-state index contributed by atoms with van der Waals surface area (Å²) in [6, 6.07) is 0.603. The number of carbonyl (C=O) groups is 1. The Morgan fingerprint density at radius 3 is 2.29 bits per heavy atom. The minimum Gasteiger partial charge on any atom is -0.333 e. The third-order valence-corrected chi connectivity index (χ3v) is 2.50. The molecule has 1 aliphatic carbocycles. The molecule has 0 aliphatic heterocycles. The minimum atomic E-state index is -0.169. The van der Waals surface area contributed by atoms with Crippen LogP contribution in [0.15, 0.2) is 0 Å². The Morgan fingerprint density at radius 1 is 1.43 bits per heavy atom. The van der Waals surface area contributed by atoms with E-state index in [4.69, 9.17) is 5.73 Å². The molecule has 0 unspecified atom stereocenters. The minimum absolute atomic E-state index is 0.00519. The second-order valence-corrected chi connectivity index (χ2v) is 5.18. The first-order valence-corrected chi connectivity index (χ1v) is 5.10. The highest BCUT2D eigenvalue weighted by molar-refractivity contribution is 5.75. The molecule has 3 N–H and O–H groups in total. The zero-order valence-electron chi connectivity index (χ0n) is 9.50. The highest BCUT2D eigenvalue weighted by Crippen LogP contribution is 2.22. The summed E-state index contributed by atoms with van der Waals surface area (Å²) in [7, 11) is 1.83. The Morgan fingerprint density at radius 2 is 1.93 bits per heavy atom. The van der Waals surface area contributed by atoms with Crippen LogP contribution in [0, 0.1) is 0 Å². The van der Waals surface area contributed by atoms with E-state index < -0.39 is 0 Å². The molecule has 82 valence electrons. The standard InChI is InChI=1S/C10H21N3O/c1-10(2,3)12-9(14)13(4)8-5-7(11)6-8/h7-8H,5-6,11H2,1-4H3,(H,12,14). The molecule has 0 aromatic rings. The van der Waals surface area contributed by atoms with Crippen LogP contribution >= 0.6 is 0 Å². The summed E-state index contributed by atoms with van der Waals surface area (Å²) < 4.78 is 0. The molecule has 4 nitrogen and oxygen atoms in total. The van der Waals surface area contributed by atoms with Crippen molar-refractivity contribution in [3.05, 3.63) is 0 Å². The number of urea groups is 1. The predicted octanol–water partition coefficient (Wildman–Crippen LogP) is 0.916. The van der Waals surface area contributed by atoms with Gasteiger partial charge in [-0.05, 0) is 33.6 Å². The molecular formula is C10H21N3O. The third kappa shape index (κ3) is 2.87. The van der Waals surface area contributed by atoms with Crippen molar-refractivity contribution in [1.82, 2.24) is 10.2 Å². The monoisotopic (exact) mass is 199 g/mol. The Balaban J connectivity index is 2.38. The van der Waals surface area contributed by atoms with Crippen molar-refractivity contribution in [2.75, 3.05) is 7.05 Å². The van der Waals surface area contributed by atoms with E-state index in [1.807, 2.05) is 27.8 Å². The second kappa shape index (κ2) is 3.77. The SMILES string of the molecule is CN(C(=O)NC(C)(C)C)C1CC(N)C1. The van der Waals surface area contributed by atoms with Gasteiger partial charge in [-0.15, -0.1) is 0 Å². The molecule has 0 bridgehead atoms. The average Bonchev–Trinajstić information content (AvgIpc) is 1.94. The molecule has 0 atom stereocenters. The third-order valence-electron chi connectivity index (χ3n) is 2.50. The Bertz CT molecular complexity index is 216. The number of nitrogens with two attached hydrogens (primary N) is 1. The fourth-order valence-corrected chi connectivity index (χ4v) is 1.52. The van der Waals surface area contributed by atoms with Gasteiger partial charge in [0.1, 0.15) is 0 Å². The summed E-state index contributed by atoms with van der Waals surface area (Å²) in [6.07, 6.45) is 1.85. The lowest BCUT2D eigenvalue weighted by Crippen LogP contribution is -2.56. The van der Waals surface area contributed by atoms with Crippen molar-refractivity contribution in [2.45, 2.75) is 51.2 Å². The van der Waals surface area contributed by atoms with E-state index in [0.29, 0.717) is 6.04 Å². The van der Waals surface area contributed by atoms with Crippen molar-refractivity contribution in [1.29, 1.82) is 0 Å². The lowest BCUT2D eigenvalue weighted by molar-refractivity contribution is 0.139. The summed E-state index contributed by atoms with van der Waals surface area (Å²) in [4.78, 5) is 13.4. The second-order valence-electron chi connectivity index (χ2n) is 5.18. The van der Waals surface area contributed by atoms with Crippen LogP contribution < -0.4 is 11.1 Å². The number of nitrogens with zero attached hydrogens (tertiary/aromatic N) is 1. The van der Waals surface area contributed by atoms with Gasteiger partial charge in [-0.25, -0.2) is 4.79 Å². The average molecular weight is 199 g/mol. The number of hydrogen-bond donors (Lipinski definition) is 2. The number of carbonyl (C=O) groups excluding carboxylic acids is 1. The van der Waals surface area contributed by atoms with Crippen molar-refractivity contribution in [3.8, 4) is 0 Å². The lowest BCUT2D eigenvalue weighted by Gasteiger charge is -2.40. The predicted molar refractivity (Wildman–Crippen MR) is 57.0 cm³/mol. The van der Waals surface area contributed by atoms with E-state index in [1.54, 1.807) is 4.90 Å². The van der Waals surface area contributed by atoms with Gasteiger partial charge in [0.15, 0.2) is 0 Å². The highest BCUT2D eigenvalue weighted by atomic mass is 16.2. The van der Waals surface area contributed by atoms with Gasteiger partial charge in [0.05, 0.1) is 0 Å². The Kier molecular flexibility index (Phi) is 3.04. The number of rotatable bonds is 1. The van der Waals surface area contributed by atoms with E-state index >= 15 is 0 Å². The lowest BCUT2D eigenvalue weighted by atomic mass is 9.87. The molecule has 0 saturated heterocycles. The molecule has 0 aromatic heterocycles. The van der Waals surface area contributed by atoms with Crippen LogP contribution in [-0.4, -0.2) is 35.6 Å². The van der Waals surface area contributed by atoms with Crippen LogP contribution in [0.3, 0.4) is 0 Å². The summed E-state index contributed by atoms with van der Waals surface area (Å²) in [5.41, 5.74) is 5.51. The van der Waals surface area contributed by atoms with E-state index in [2.05, 4.69) is 5.32 Å². The first kappa shape index (κ1) is 11.3. The smallest absolute Gasteiger partial charge is 0.317 e. The quantitative estimate of drug-likeness (QED) is 0.659. The molecule has 1 aliphatic rings. The molecule has 0 radical (unpaired) electrons. The van der Waals surface area contributed by atoms with Crippen LogP contribution in [0.2, 0.25) is 0 Å². The van der Waals surface area contributed by atoms with E-state index in [0.717, 1.165) is 12.8 Å². The summed E-state index contributed by atoms with van der Waals surface area (Å²) >= 11 is 0. The summed E-state index contributed by atoms with van der Waals surface area (Å²) in [5.74, 6) is 0. The van der Waals surface area contributed by atoms with Crippen LogP contribution in [-0.2, 0) is 0 Å². The van der Waals surface area contributed by atoms with Crippen molar-refractivity contribution in [3.63, 3.8) is 0 Å². The van der Waals surface area contributed by atoms with Crippen molar-refractivity contribution in [2.24, 2.45) is 5.73 Å².